The molecule has 1 N–H and O–H groups in total. The van der Waals surface area contributed by atoms with Gasteiger partial charge in [0.15, 0.2) is 5.76 Å². The van der Waals surface area contributed by atoms with Gasteiger partial charge in [-0.2, -0.15) is 5.10 Å². The van der Waals surface area contributed by atoms with Crippen LogP contribution in [-0.2, 0) is 0 Å². The van der Waals surface area contributed by atoms with Crippen molar-refractivity contribution in [1.82, 2.24) is 30.0 Å². The number of aromatic nitrogens is 6. The van der Waals surface area contributed by atoms with Gasteiger partial charge in [-0.3, -0.25) is 4.79 Å². The maximum Gasteiger partial charge on any atom is 0.259 e. The number of carbonyl (C=O) groups excluding carboxylic acids is 1. The van der Waals surface area contributed by atoms with Gasteiger partial charge in [-0.25, -0.2) is 9.36 Å². The molecule has 0 atom stereocenters. The third-order valence-corrected chi connectivity index (χ3v) is 4.67. The zero-order valence-electron chi connectivity index (χ0n) is 16.5. The fourth-order valence-electron chi connectivity index (χ4n) is 3.20. The van der Waals surface area contributed by atoms with Crippen molar-refractivity contribution in [2.24, 2.45) is 0 Å². The van der Waals surface area contributed by atoms with Gasteiger partial charge in [0.25, 0.3) is 5.91 Å². The molecule has 1 amide bonds. The molecule has 9 nitrogen and oxygen atoms in total. The van der Waals surface area contributed by atoms with Gasteiger partial charge in [-0.15, -0.1) is 5.10 Å². The average molecular weight is 411 g/mol. The van der Waals surface area contributed by atoms with E-state index in [1.54, 1.807) is 23.0 Å². The molecule has 2 aromatic carbocycles. The van der Waals surface area contributed by atoms with E-state index >= 15 is 0 Å². The molecule has 0 aliphatic carbocycles. The third kappa shape index (κ3) is 3.71. The van der Waals surface area contributed by atoms with E-state index < -0.39 is 0 Å². The SMILES string of the molecule is Cc1ccc(-c2nn(-c3ccccc3)cc2C(=O)Nc2cccc(-n3cnnn3)c2)o1. The van der Waals surface area contributed by atoms with E-state index in [9.17, 15) is 4.79 Å². The highest BCUT2D eigenvalue weighted by atomic mass is 16.3. The maximum absolute atomic E-state index is 13.2. The first kappa shape index (κ1) is 18.5. The van der Waals surface area contributed by atoms with E-state index in [1.807, 2.05) is 61.5 Å². The van der Waals surface area contributed by atoms with Crippen LogP contribution in [0.1, 0.15) is 16.1 Å². The summed E-state index contributed by atoms with van der Waals surface area (Å²) in [6, 6.07) is 20.5. The highest BCUT2D eigenvalue weighted by molar-refractivity contribution is 6.07. The summed E-state index contributed by atoms with van der Waals surface area (Å²) < 4.78 is 8.93. The van der Waals surface area contributed by atoms with Crippen molar-refractivity contribution in [3.63, 3.8) is 0 Å². The van der Waals surface area contributed by atoms with Crippen molar-refractivity contribution in [1.29, 1.82) is 0 Å². The minimum atomic E-state index is -0.305. The normalized spacial score (nSPS) is 10.9. The highest BCUT2D eigenvalue weighted by Gasteiger charge is 2.21. The van der Waals surface area contributed by atoms with Crippen molar-refractivity contribution in [2.45, 2.75) is 6.92 Å². The van der Waals surface area contributed by atoms with Crippen LogP contribution in [0.2, 0.25) is 0 Å². The molecule has 9 heteroatoms. The number of tetrazole rings is 1. The van der Waals surface area contributed by atoms with Gasteiger partial charge < -0.3 is 9.73 Å². The summed E-state index contributed by atoms with van der Waals surface area (Å²) in [5.74, 6) is 0.963. The lowest BCUT2D eigenvalue weighted by molar-refractivity contribution is 0.102. The van der Waals surface area contributed by atoms with Gasteiger partial charge in [-0.05, 0) is 59.8 Å². The Kier molecular flexibility index (Phi) is 4.60. The Morgan fingerprint density at radius 3 is 2.55 bits per heavy atom. The van der Waals surface area contributed by atoms with Crippen molar-refractivity contribution >= 4 is 11.6 Å². The monoisotopic (exact) mass is 411 g/mol. The van der Waals surface area contributed by atoms with Crippen molar-refractivity contribution in [2.75, 3.05) is 5.32 Å². The summed E-state index contributed by atoms with van der Waals surface area (Å²) in [5, 5.41) is 18.7. The van der Waals surface area contributed by atoms with E-state index in [0.29, 0.717) is 22.7 Å². The van der Waals surface area contributed by atoms with Crippen LogP contribution in [0.25, 0.3) is 22.8 Å². The number of furan rings is 1. The van der Waals surface area contributed by atoms with E-state index in [1.165, 1.54) is 11.0 Å². The Bertz CT molecular complexity index is 1340. The second-order valence-electron chi connectivity index (χ2n) is 6.84. The lowest BCUT2D eigenvalue weighted by Crippen LogP contribution is -2.12. The van der Waals surface area contributed by atoms with Crippen LogP contribution >= 0.6 is 0 Å². The molecular formula is C22H17N7O2. The number of anilines is 1. The third-order valence-electron chi connectivity index (χ3n) is 4.67. The smallest absolute Gasteiger partial charge is 0.259 e. The van der Waals surface area contributed by atoms with Crippen LogP contribution in [0.15, 0.2) is 83.7 Å². The molecule has 152 valence electrons. The van der Waals surface area contributed by atoms with Gasteiger partial charge in [-0.1, -0.05) is 24.3 Å². The summed E-state index contributed by atoms with van der Waals surface area (Å²) in [4.78, 5) is 13.2. The number of aryl methyl sites for hydroxylation is 1. The molecule has 0 bridgehead atoms. The number of hydrogen-bond donors (Lipinski definition) is 1. The predicted molar refractivity (Wildman–Crippen MR) is 113 cm³/mol. The molecule has 31 heavy (non-hydrogen) atoms. The fourth-order valence-corrected chi connectivity index (χ4v) is 3.20. The summed E-state index contributed by atoms with van der Waals surface area (Å²) in [5.41, 5.74) is 3.03. The second-order valence-corrected chi connectivity index (χ2v) is 6.84. The van der Waals surface area contributed by atoms with E-state index in [4.69, 9.17) is 4.42 Å². The number of rotatable bonds is 5. The molecule has 0 saturated heterocycles. The quantitative estimate of drug-likeness (QED) is 0.473. The molecular weight excluding hydrogens is 394 g/mol. The maximum atomic E-state index is 13.2. The first-order valence-electron chi connectivity index (χ1n) is 9.54. The van der Waals surface area contributed by atoms with E-state index in [0.717, 1.165) is 17.1 Å². The summed E-state index contributed by atoms with van der Waals surface area (Å²) >= 11 is 0. The number of benzene rings is 2. The molecule has 5 rings (SSSR count). The molecule has 0 fully saturated rings. The van der Waals surface area contributed by atoms with Crippen LogP contribution in [0.5, 0.6) is 0 Å². The largest absolute Gasteiger partial charge is 0.460 e. The minimum Gasteiger partial charge on any atom is -0.460 e. The lowest BCUT2D eigenvalue weighted by atomic mass is 10.2. The Labute approximate surface area is 176 Å². The van der Waals surface area contributed by atoms with Crippen LogP contribution in [0.4, 0.5) is 5.69 Å². The van der Waals surface area contributed by atoms with Crippen molar-refractivity contribution in [3.8, 4) is 22.8 Å². The Morgan fingerprint density at radius 2 is 1.81 bits per heavy atom. The highest BCUT2D eigenvalue weighted by Crippen LogP contribution is 2.26. The first-order chi connectivity index (χ1) is 15.2. The Morgan fingerprint density at radius 1 is 0.968 bits per heavy atom. The summed E-state index contributed by atoms with van der Waals surface area (Å²) in [6.07, 6.45) is 3.19. The van der Waals surface area contributed by atoms with Crippen molar-refractivity contribution in [3.05, 3.63) is 90.6 Å². The number of para-hydroxylation sites is 1. The predicted octanol–water partition coefficient (Wildman–Crippen LogP) is 3.67. The minimum absolute atomic E-state index is 0.305. The molecule has 0 aliphatic rings. The molecule has 3 aromatic heterocycles. The molecule has 0 aliphatic heterocycles. The number of carbonyl (C=O) groups is 1. The van der Waals surface area contributed by atoms with Gasteiger partial charge >= 0.3 is 0 Å². The topological polar surface area (TPSA) is 104 Å². The lowest BCUT2D eigenvalue weighted by Gasteiger charge is -2.06. The Hall–Kier alpha value is -4.53. The zero-order chi connectivity index (χ0) is 21.2. The van der Waals surface area contributed by atoms with E-state index in [-0.39, 0.29) is 5.91 Å². The van der Waals surface area contributed by atoms with Crippen LogP contribution in [0.3, 0.4) is 0 Å². The zero-order valence-corrected chi connectivity index (χ0v) is 16.5. The molecule has 0 saturated carbocycles. The number of amides is 1. The first-order valence-corrected chi connectivity index (χ1v) is 9.54. The van der Waals surface area contributed by atoms with Crippen LogP contribution < -0.4 is 5.32 Å². The summed E-state index contributed by atoms with van der Waals surface area (Å²) in [6.45, 7) is 1.85. The molecule has 5 aromatic rings. The Balaban J connectivity index is 1.51. The van der Waals surface area contributed by atoms with E-state index in [2.05, 4.69) is 25.9 Å². The van der Waals surface area contributed by atoms with Crippen LogP contribution in [-0.4, -0.2) is 35.9 Å². The van der Waals surface area contributed by atoms with Gasteiger partial charge in [0.1, 0.15) is 17.8 Å². The average Bonchev–Trinajstić information content (AvgIpc) is 3.55. The molecule has 0 spiro atoms. The summed E-state index contributed by atoms with van der Waals surface area (Å²) in [7, 11) is 0. The number of nitrogens with zero attached hydrogens (tertiary/aromatic N) is 6. The van der Waals surface area contributed by atoms with Gasteiger partial charge in [0.2, 0.25) is 0 Å². The molecule has 0 unspecified atom stereocenters. The van der Waals surface area contributed by atoms with Crippen molar-refractivity contribution < 1.29 is 9.21 Å². The van der Waals surface area contributed by atoms with Gasteiger partial charge in [0.05, 0.1) is 16.9 Å². The number of hydrogen-bond acceptors (Lipinski definition) is 6. The molecule has 3 heterocycles. The standard InChI is InChI=1S/C22H17N7O2/c1-15-10-11-20(31-15)21-19(13-28(25-21)17-7-3-2-4-8-17)22(30)24-16-6-5-9-18(12-16)29-14-23-26-27-29/h2-14H,1H3,(H,24,30). The van der Waals surface area contributed by atoms with Gasteiger partial charge in [0, 0.05) is 11.9 Å². The van der Waals surface area contributed by atoms with Crippen LogP contribution in [0, 0.1) is 6.92 Å². The second kappa shape index (κ2) is 7.71. The fraction of sp³-hybridized carbons (Fsp3) is 0.0455. The molecule has 0 radical (unpaired) electrons. The number of nitrogens with one attached hydrogen (secondary N) is 1.